The fraction of sp³-hybridized carbons (Fsp3) is 0. The minimum Gasteiger partial charge on any atom is -1.00 e. The Labute approximate surface area is 57.3 Å². The third-order valence-corrected chi connectivity index (χ3v) is 0.669. The van der Waals surface area contributed by atoms with Gasteiger partial charge in [0, 0.05) is 6.07 Å². The van der Waals surface area contributed by atoms with E-state index < -0.39 is 0 Å². The summed E-state index contributed by atoms with van der Waals surface area (Å²) in [6.07, 6.45) is 2.95. The number of hydrogen-bond acceptors (Lipinski definition) is 0. The Morgan fingerprint density at radius 1 is 1.50 bits per heavy atom. The summed E-state index contributed by atoms with van der Waals surface area (Å²) in [6.45, 7) is 0. The standard InChI is InChI=1S/C5H4FN.BrH/c6-5-2-1-3-7-4-5;/h1-4H;1H. The van der Waals surface area contributed by atoms with Gasteiger partial charge < -0.3 is 17.0 Å². The quantitative estimate of drug-likeness (QED) is 0.422. The van der Waals surface area contributed by atoms with E-state index in [0.717, 1.165) is 0 Å². The predicted octanol–water partition coefficient (Wildman–Crippen LogP) is -2.36. The van der Waals surface area contributed by atoms with Gasteiger partial charge in [-0.3, -0.25) is 0 Å². The molecule has 0 amide bonds. The molecule has 0 saturated carbocycles. The van der Waals surface area contributed by atoms with Crippen LogP contribution in [-0.4, -0.2) is 0 Å². The molecule has 8 heavy (non-hydrogen) atoms. The van der Waals surface area contributed by atoms with Crippen LogP contribution in [0, 0.1) is 5.82 Å². The summed E-state index contributed by atoms with van der Waals surface area (Å²) >= 11 is 0. The highest BCUT2D eigenvalue weighted by Crippen LogP contribution is 1.84. The molecule has 0 saturated heterocycles. The molecular weight excluding hydrogens is 173 g/mol. The van der Waals surface area contributed by atoms with Crippen LogP contribution >= 0.6 is 0 Å². The Kier molecular flexibility index (Phi) is 3.35. The Hall–Kier alpha value is -0.440. The third kappa shape index (κ3) is 2.02. The minimum atomic E-state index is -0.234. The Morgan fingerprint density at radius 3 is 2.50 bits per heavy atom. The molecule has 3 heteroatoms. The van der Waals surface area contributed by atoms with Crippen molar-refractivity contribution in [3.8, 4) is 0 Å². The van der Waals surface area contributed by atoms with E-state index in [2.05, 4.69) is 4.98 Å². The van der Waals surface area contributed by atoms with Crippen molar-refractivity contribution in [2.24, 2.45) is 0 Å². The number of halogens is 2. The molecule has 1 N–H and O–H groups in total. The van der Waals surface area contributed by atoms with Crippen LogP contribution in [0.1, 0.15) is 0 Å². The van der Waals surface area contributed by atoms with Gasteiger partial charge in [0.2, 0.25) is 6.20 Å². The van der Waals surface area contributed by atoms with E-state index >= 15 is 0 Å². The average molecular weight is 178 g/mol. The lowest BCUT2D eigenvalue weighted by atomic mass is 10.5. The van der Waals surface area contributed by atoms with Crippen LogP contribution in [-0.2, 0) is 0 Å². The van der Waals surface area contributed by atoms with Crippen LogP contribution < -0.4 is 22.0 Å². The summed E-state index contributed by atoms with van der Waals surface area (Å²) in [5.74, 6) is -0.234. The zero-order valence-corrected chi connectivity index (χ0v) is 5.65. The number of hydrogen-bond donors (Lipinski definition) is 0. The van der Waals surface area contributed by atoms with Crippen molar-refractivity contribution in [2.75, 3.05) is 0 Å². The second-order valence-electron chi connectivity index (χ2n) is 1.22. The van der Waals surface area contributed by atoms with E-state index in [9.17, 15) is 4.39 Å². The number of pyridine rings is 1. The highest BCUT2D eigenvalue weighted by Gasteiger charge is 1.84. The summed E-state index contributed by atoms with van der Waals surface area (Å²) in [5, 5.41) is 0. The number of aromatic nitrogens is 1. The summed E-state index contributed by atoms with van der Waals surface area (Å²) < 4.78 is 11.9. The van der Waals surface area contributed by atoms with Gasteiger partial charge in [0.25, 0.3) is 0 Å². The van der Waals surface area contributed by atoms with E-state index in [0.29, 0.717) is 0 Å². The summed E-state index contributed by atoms with van der Waals surface area (Å²) in [6, 6.07) is 2.99. The van der Waals surface area contributed by atoms with Gasteiger partial charge in [0.1, 0.15) is 0 Å². The first kappa shape index (κ1) is 7.56. The number of nitrogens with one attached hydrogen (secondary N) is 1. The van der Waals surface area contributed by atoms with Crippen molar-refractivity contribution in [2.45, 2.75) is 0 Å². The second-order valence-corrected chi connectivity index (χ2v) is 1.22. The fourth-order valence-corrected chi connectivity index (χ4v) is 0.371. The van der Waals surface area contributed by atoms with Gasteiger partial charge in [0.15, 0.2) is 12.0 Å². The molecule has 0 fully saturated rings. The smallest absolute Gasteiger partial charge is 0.203 e. The largest absolute Gasteiger partial charge is 1.00 e. The first-order valence-corrected chi connectivity index (χ1v) is 2.01. The first-order valence-electron chi connectivity index (χ1n) is 2.01. The molecule has 0 aliphatic rings. The van der Waals surface area contributed by atoms with Gasteiger partial charge in [0.05, 0.1) is 0 Å². The van der Waals surface area contributed by atoms with Crippen LogP contribution in [0.4, 0.5) is 4.39 Å². The molecule has 0 atom stereocenters. The molecule has 44 valence electrons. The Balaban J connectivity index is 0.000000490. The Morgan fingerprint density at radius 2 is 2.25 bits per heavy atom. The van der Waals surface area contributed by atoms with Crippen LogP contribution in [0.2, 0.25) is 0 Å². The predicted molar refractivity (Wildman–Crippen MR) is 23.0 cm³/mol. The maximum Gasteiger partial charge on any atom is 0.203 e. The molecule has 0 aliphatic carbocycles. The zero-order chi connectivity index (χ0) is 5.11. The maximum absolute atomic E-state index is 11.9. The summed E-state index contributed by atoms with van der Waals surface area (Å²) in [7, 11) is 0. The van der Waals surface area contributed by atoms with Gasteiger partial charge in [-0.15, -0.1) is 0 Å². The van der Waals surface area contributed by atoms with Crippen molar-refractivity contribution in [3.05, 3.63) is 30.3 Å². The zero-order valence-electron chi connectivity index (χ0n) is 4.07. The highest BCUT2D eigenvalue weighted by molar-refractivity contribution is 4.87. The summed E-state index contributed by atoms with van der Waals surface area (Å²) in [5.41, 5.74) is 0. The molecule has 1 aromatic rings. The van der Waals surface area contributed by atoms with E-state index in [4.69, 9.17) is 0 Å². The van der Waals surface area contributed by atoms with Gasteiger partial charge in [-0.2, -0.15) is 0 Å². The number of aromatic amines is 1. The monoisotopic (exact) mass is 177 g/mol. The normalized spacial score (nSPS) is 7.62. The van der Waals surface area contributed by atoms with Crippen molar-refractivity contribution >= 4 is 0 Å². The second kappa shape index (κ2) is 3.55. The highest BCUT2D eigenvalue weighted by atomic mass is 79.9. The van der Waals surface area contributed by atoms with E-state index in [1.165, 1.54) is 12.3 Å². The molecule has 0 radical (unpaired) electrons. The third-order valence-electron chi connectivity index (χ3n) is 0.669. The van der Waals surface area contributed by atoms with Crippen LogP contribution in [0.15, 0.2) is 24.5 Å². The van der Waals surface area contributed by atoms with Gasteiger partial charge in [-0.05, 0) is 6.07 Å². The van der Waals surface area contributed by atoms with Gasteiger partial charge in [-0.1, -0.05) is 0 Å². The molecule has 1 heterocycles. The van der Waals surface area contributed by atoms with Crippen LogP contribution in [0.3, 0.4) is 0 Å². The Bertz CT molecular complexity index is 142. The van der Waals surface area contributed by atoms with E-state index in [1.54, 1.807) is 12.3 Å². The molecule has 1 nitrogen and oxygen atoms in total. The van der Waals surface area contributed by atoms with Crippen LogP contribution in [0.5, 0.6) is 0 Å². The number of H-pyrrole nitrogens is 1. The number of rotatable bonds is 0. The molecule has 1 aromatic heterocycles. The molecule has 0 spiro atoms. The van der Waals surface area contributed by atoms with Gasteiger partial charge in [-0.25, -0.2) is 9.37 Å². The molecule has 0 aliphatic heterocycles. The topological polar surface area (TPSA) is 14.1 Å². The fourth-order valence-electron chi connectivity index (χ4n) is 0.371. The molecule has 0 bridgehead atoms. The molecular formula is C5H5BrFN. The lowest BCUT2D eigenvalue weighted by molar-refractivity contribution is -0.380. The van der Waals surface area contributed by atoms with Crippen molar-refractivity contribution in [3.63, 3.8) is 0 Å². The van der Waals surface area contributed by atoms with E-state index in [-0.39, 0.29) is 22.8 Å². The minimum absolute atomic E-state index is 0. The van der Waals surface area contributed by atoms with Crippen molar-refractivity contribution in [1.82, 2.24) is 0 Å². The molecule has 0 unspecified atom stereocenters. The van der Waals surface area contributed by atoms with Gasteiger partial charge >= 0.3 is 0 Å². The molecule has 1 rings (SSSR count). The van der Waals surface area contributed by atoms with Crippen molar-refractivity contribution < 1.29 is 26.4 Å². The summed E-state index contributed by atoms with van der Waals surface area (Å²) in [4.78, 5) is 2.59. The lowest BCUT2D eigenvalue weighted by Crippen LogP contribution is -3.00. The van der Waals surface area contributed by atoms with Crippen molar-refractivity contribution in [1.29, 1.82) is 0 Å². The van der Waals surface area contributed by atoms with E-state index in [1.807, 2.05) is 0 Å². The SMILES string of the molecule is Fc1ccc[nH+]c1.[Br-]. The van der Waals surface area contributed by atoms with Crippen LogP contribution in [0.25, 0.3) is 0 Å². The first-order chi connectivity index (χ1) is 3.39. The maximum atomic E-state index is 11.9. The average Bonchev–Trinajstić information content (AvgIpc) is 1.69. The lowest BCUT2D eigenvalue weighted by Gasteiger charge is -1.72. The molecule has 0 aromatic carbocycles.